The number of hydrogen-bond acceptors (Lipinski definition) is 2. The van der Waals surface area contributed by atoms with Crippen molar-refractivity contribution in [1.29, 1.82) is 0 Å². The van der Waals surface area contributed by atoms with Gasteiger partial charge in [0, 0.05) is 12.0 Å². The van der Waals surface area contributed by atoms with E-state index >= 15 is 0 Å². The summed E-state index contributed by atoms with van der Waals surface area (Å²) >= 11 is 0. The Bertz CT molecular complexity index is 552. The molecular formula is C18H20O2. The summed E-state index contributed by atoms with van der Waals surface area (Å²) in [6.45, 7) is 4.12. The first-order chi connectivity index (χ1) is 9.67. The SMILES string of the molecule is CC1CC(c2ccccc2)OC(C)(c2ccccc2)O1. The van der Waals surface area contributed by atoms with E-state index in [2.05, 4.69) is 43.3 Å². The maximum Gasteiger partial charge on any atom is 0.192 e. The highest BCUT2D eigenvalue weighted by Gasteiger charge is 2.39. The fourth-order valence-corrected chi connectivity index (χ4v) is 2.83. The van der Waals surface area contributed by atoms with Crippen LogP contribution in [0.15, 0.2) is 60.7 Å². The van der Waals surface area contributed by atoms with Crippen molar-refractivity contribution >= 4 is 0 Å². The van der Waals surface area contributed by atoms with Crippen LogP contribution in [0.5, 0.6) is 0 Å². The van der Waals surface area contributed by atoms with Crippen LogP contribution in [0.4, 0.5) is 0 Å². The monoisotopic (exact) mass is 268 g/mol. The van der Waals surface area contributed by atoms with Gasteiger partial charge in [-0.3, -0.25) is 0 Å². The fourth-order valence-electron chi connectivity index (χ4n) is 2.83. The van der Waals surface area contributed by atoms with Gasteiger partial charge < -0.3 is 9.47 Å². The van der Waals surface area contributed by atoms with E-state index in [1.54, 1.807) is 0 Å². The van der Waals surface area contributed by atoms with E-state index in [0.717, 1.165) is 12.0 Å². The normalized spacial score (nSPS) is 30.1. The molecule has 1 fully saturated rings. The fraction of sp³-hybridized carbons (Fsp3) is 0.333. The van der Waals surface area contributed by atoms with Crippen LogP contribution in [-0.2, 0) is 15.3 Å². The third-order valence-corrected chi connectivity index (χ3v) is 3.81. The van der Waals surface area contributed by atoms with Gasteiger partial charge in [0.25, 0.3) is 0 Å². The summed E-state index contributed by atoms with van der Waals surface area (Å²) in [5, 5.41) is 0. The molecule has 1 aliphatic heterocycles. The van der Waals surface area contributed by atoms with Gasteiger partial charge in [-0.05, 0) is 19.4 Å². The molecule has 0 saturated carbocycles. The molecule has 0 aliphatic carbocycles. The lowest BCUT2D eigenvalue weighted by molar-refractivity contribution is -0.317. The molecule has 1 aliphatic rings. The topological polar surface area (TPSA) is 18.5 Å². The number of hydrogen-bond donors (Lipinski definition) is 0. The molecule has 0 radical (unpaired) electrons. The van der Waals surface area contributed by atoms with Crippen molar-refractivity contribution in [1.82, 2.24) is 0 Å². The van der Waals surface area contributed by atoms with Gasteiger partial charge in [0.1, 0.15) is 0 Å². The van der Waals surface area contributed by atoms with Gasteiger partial charge in [-0.25, -0.2) is 0 Å². The van der Waals surface area contributed by atoms with E-state index in [-0.39, 0.29) is 12.2 Å². The molecule has 0 spiro atoms. The molecule has 3 rings (SSSR count). The van der Waals surface area contributed by atoms with Gasteiger partial charge in [-0.15, -0.1) is 0 Å². The van der Waals surface area contributed by atoms with Crippen molar-refractivity contribution < 1.29 is 9.47 Å². The quantitative estimate of drug-likeness (QED) is 0.802. The summed E-state index contributed by atoms with van der Waals surface area (Å²) in [5.74, 6) is -0.681. The van der Waals surface area contributed by atoms with Crippen LogP contribution < -0.4 is 0 Å². The van der Waals surface area contributed by atoms with Crippen LogP contribution in [0, 0.1) is 0 Å². The maximum atomic E-state index is 6.29. The molecule has 3 atom stereocenters. The van der Waals surface area contributed by atoms with E-state index in [4.69, 9.17) is 9.47 Å². The summed E-state index contributed by atoms with van der Waals surface area (Å²) in [6.07, 6.45) is 1.12. The van der Waals surface area contributed by atoms with Crippen molar-refractivity contribution in [3.05, 3.63) is 71.8 Å². The molecule has 104 valence electrons. The lowest BCUT2D eigenvalue weighted by atomic mass is 9.99. The van der Waals surface area contributed by atoms with E-state index in [1.165, 1.54) is 5.56 Å². The molecule has 0 N–H and O–H groups in total. The Morgan fingerprint density at radius 3 is 2.15 bits per heavy atom. The van der Waals surface area contributed by atoms with Crippen LogP contribution in [0.3, 0.4) is 0 Å². The Labute approximate surface area is 120 Å². The smallest absolute Gasteiger partial charge is 0.192 e. The van der Waals surface area contributed by atoms with Crippen molar-refractivity contribution in [2.45, 2.75) is 38.3 Å². The van der Waals surface area contributed by atoms with Gasteiger partial charge in [0.15, 0.2) is 5.79 Å². The Morgan fingerprint density at radius 1 is 0.900 bits per heavy atom. The van der Waals surface area contributed by atoms with Gasteiger partial charge in [0.2, 0.25) is 0 Å². The lowest BCUT2D eigenvalue weighted by Crippen LogP contribution is -2.40. The largest absolute Gasteiger partial charge is 0.343 e. The average Bonchev–Trinajstić information content (AvgIpc) is 2.48. The Balaban J connectivity index is 1.90. The molecule has 1 heterocycles. The minimum Gasteiger partial charge on any atom is -0.343 e. The Morgan fingerprint density at radius 2 is 1.50 bits per heavy atom. The maximum absolute atomic E-state index is 6.29. The number of benzene rings is 2. The highest BCUT2D eigenvalue weighted by Crippen LogP contribution is 2.41. The van der Waals surface area contributed by atoms with Gasteiger partial charge in [-0.2, -0.15) is 0 Å². The van der Waals surface area contributed by atoms with Crippen molar-refractivity contribution in [2.24, 2.45) is 0 Å². The van der Waals surface area contributed by atoms with Crippen LogP contribution >= 0.6 is 0 Å². The molecule has 2 nitrogen and oxygen atoms in total. The highest BCUT2D eigenvalue weighted by molar-refractivity contribution is 5.22. The minimum absolute atomic E-state index is 0.0742. The third-order valence-electron chi connectivity index (χ3n) is 3.81. The molecule has 3 unspecified atom stereocenters. The molecule has 2 aromatic rings. The van der Waals surface area contributed by atoms with E-state index in [9.17, 15) is 0 Å². The average molecular weight is 268 g/mol. The number of rotatable bonds is 2. The van der Waals surface area contributed by atoms with E-state index < -0.39 is 5.79 Å². The summed E-state index contributed by atoms with van der Waals surface area (Å²) in [4.78, 5) is 0. The van der Waals surface area contributed by atoms with Crippen LogP contribution in [0.1, 0.15) is 37.5 Å². The second kappa shape index (κ2) is 5.39. The first-order valence-corrected chi connectivity index (χ1v) is 7.13. The zero-order valence-corrected chi connectivity index (χ0v) is 12.0. The Hall–Kier alpha value is -1.64. The van der Waals surface area contributed by atoms with E-state index in [0.29, 0.717) is 0 Å². The lowest BCUT2D eigenvalue weighted by Gasteiger charge is -2.42. The van der Waals surface area contributed by atoms with Gasteiger partial charge in [-0.1, -0.05) is 60.7 Å². The standard InChI is InChI=1S/C18H20O2/c1-14-13-17(15-9-5-3-6-10-15)20-18(2,19-14)16-11-7-4-8-12-16/h3-12,14,17H,13H2,1-2H3. The molecule has 2 heteroatoms. The first-order valence-electron chi connectivity index (χ1n) is 7.13. The van der Waals surface area contributed by atoms with Crippen molar-refractivity contribution in [2.75, 3.05) is 0 Å². The third kappa shape index (κ3) is 2.62. The molecule has 1 saturated heterocycles. The minimum atomic E-state index is -0.681. The summed E-state index contributed by atoms with van der Waals surface area (Å²) in [6, 6.07) is 20.5. The molecular weight excluding hydrogens is 248 g/mol. The Kier molecular flexibility index (Phi) is 3.60. The van der Waals surface area contributed by atoms with E-state index in [1.807, 2.05) is 31.2 Å². The second-order valence-corrected chi connectivity index (χ2v) is 5.49. The molecule has 0 amide bonds. The molecule has 0 aromatic heterocycles. The predicted molar refractivity (Wildman–Crippen MR) is 79.2 cm³/mol. The summed E-state index contributed by atoms with van der Waals surface area (Å²) < 4.78 is 12.4. The van der Waals surface area contributed by atoms with Crippen molar-refractivity contribution in [3.63, 3.8) is 0 Å². The zero-order chi connectivity index (χ0) is 14.0. The summed E-state index contributed by atoms with van der Waals surface area (Å²) in [5.41, 5.74) is 2.28. The first kappa shape index (κ1) is 13.3. The highest BCUT2D eigenvalue weighted by atomic mass is 16.7. The molecule has 2 aromatic carbocycles. The number of ether oxygens (including phenoxy) is 2. The molecule has 20 heavy (non-hydrogen) atoms. The van der Waals surface area contributed by atoms with Crippen molar-refractivity contribution in [3.8, 4) is 0 Å². The van der Waals surface area contributed by atoms with Crippen LogP contribution in [-0.4, -0.2) is 6.10 Å². The predicted octanol–water partition coefficient (Wildman–Crippen LogP) is 4.43. The molecule has 0 bridgehead atoms. The van der Waals surface area contributed by atoms with Crippen LogP contribution in [0.25, 0.3) is 0 Å². The van der Waals surface area contributed by atoms with Gasteiger partial charge >= 0.3 is 0 Å². The zero-order valence-electron chi connectivity index (χ0n) is 12.0. The second-order valence-electron chi connectivity index (χ2n) is 5.49. The van der Waals surface area contributed by atoms with Crippen LogP contribution in [0.2, 0.25) is 0 Å². The van der Waals surface area contributed by atoms with Gasteiger partial charge in [0.05, 0.1) is 12.2 Å². The summed E-state index contributed by atoms with van der Waals surface area (Å²) in [7, 11) is 0.